The Morgan fingerprint density at radius 2 is 1.62 bits per heavy atom. The fourth-order valence-electron chi connectivity index (χ4n) is 2.00. The Bertz CT molecular complexity index is 594. The number of aromatic nitrogens is 3. The van der Waals surface area contributed by atoms with Gasteiger partial charge in [0.05, 0.1) is 6.54 Å². The maximum atomic E-state index is 5.73. The van der Waals surface area contributed by atoms with Crippen LogP contribution < -0.4 is 10.6 Å². The summed E-state index contributed by atoms with van der Waals surface area (Å²) in [6.45, 7) is 3.55. The molecule has 0 bridgehead atoms. The van der Waals surface area contributed by atoms with E-state index in [0.29, 0.717) is 18.3 Å². The van der Waals surface area contributed by atoms with E-state index >= 15 is 0 Å². The van der Waals surface area contributed by atoms with Crippen molar-refractivity contribution in [3.8, 4) is 0 Å². The van der Waals surface area contributed by atoms with Gasteiger partial charge >= 0.3 is 0 Å². The first-order valence-electron chi connectivity index (χ1n) is 6.86. The maximum Gasteiger partial charge on any atom is 0.229 e. The number of nitrogens with zero attached hydrogens (tertiary/aromatic N) is 5. The molecular formula is C15H22N6. The summed E-state index contributed by atoms with van der Waals surface area (Å²) in [4.78, 5) is 16.7. The number of aryl methyl sites for hydroxylation is 1. The first kappa shape index (κ1) is 15.2. The molecule has 2 rings (SSSR count). The second-order valence-corrected chi connectivity index (χ2v) is 5.46. The molecule has 0 aliphatic rings. The summed E-state index contributed by atoms with van der Waals surface area (Å²) in [5.41, 5.74) is 8.26. The van der Waals surface area contributed by atoms with E-state index in [2.05, 4.69) is 51.0 Å². The molecule has 2 aromatic rings. The van der Waals surface area contributed by atoms with Gasteiger partial charge in [0, 0.05) is 20.6 Å². The fourth-order valence-corrected chi connectivity index (χ4v) is 2.00. The number of nitrogens with two attached hydrogens (primary N) is 1. The number of anilines is 2. The zero-order chi connectivity index (χ0) is 15.4. The highest BCUT2D eigenvalue weighted by Gasteiger charge is 2.09. The van der Waals surface area contributed by atoms with Gasteiger partial charge in [0.2, 0.25) is 11.9 Å². The number of benzene rings is 1. The summed E-state index contributed by atoms with van der Waals surface area (Å²) in [5, 5.41) is 0. The zero-order valence-corrected chi connectivity index (χ0v) is 13.0. The second-order valence-electron chi connectivity index (χ2n) is 5.46. The van der Waals surface area contributed by atoms with Gasteiger partial charge in [-0.1, -0.05) is 29.8 Å². The quantitative estimate of drug-likeness (QED) is 0.897. The Hall–Kier alpha value is -2.21. The van der Waals surface area contributed by atoms with Gasteiger partial charge in [0.25, 0.3) is 0 Å². The predicted octanol–water partition coefficient (Wildman–Crippen LogP) is 1.46. The monoisotopic (exact) mass is 286 g/mol. The summed E-state index contributed by atoms with van der Waals surface area (Å²) >= 11 is 0. The molecule has 112 valence electrons. The van der Waals surface area contributed by atoms with Crippen molar-refractivity contribution in [3.63, 3.8) is 0 Å². The second kappa shape index (κ2) is 6.49. The van der Waals surface area contributed by atoms with Crippen molar-refractivity contribution in [1.82, 2.24) is 19.9 Å². The van der Waals surface area contributed by atoms with Gasteiger partial charge in [-0.15, -0.1) is 0 Å². The topological polar surface area (TPSA) is 71.2 Å². The van der Waals surface area contributed by atoms with Crippen molar-refractivity contribution >= 4 is 11.9 Å². The van der Waals surface area contributed by atoms with Gasteiger partial charge in [-0.25, -0.2) is 0 Å². The molecule has 0 fully saturated rings. The van der Waals surface area contributed by atoms with Gasteiger partial charge in [-0.3, -0.25) is 4.90 Å². The SMILES string of the molecule is Cc1ccc(CN(C)Cc2nc(N)nc(N(C)C)n2)cc1. The molecule has 0 aliphatic carbocycles. The number of hydrogen-bond donors (Lipinski definition) is 1. The predicted molar refractivity (Wildman–Crippen MR) is 84.9 cm³/mol. The first-order chi connectivity index (χ1) is 9.94. The van der Waals surface area contributed by atoms with Gasteiger partial charge in [-0.05, 0) is 19.5 Å². The highest BCUT2D eigenvalue weighted by molar-refractivity contribution is 5.32. The standard InChI is InChI=1S/C15H22N6/c1-11-5-7-12(8-6-11)9-21(4)10-13-17-14(16)19-15(18-13)20(2)3/h5-8H,9-10H2,1-4H3,(H2,16,17,18,19). The molecule has 1 heterocycles. The van der Waals surface area contributed by atoms with Crippen LogP contribution in [0.15, 0.2) is 24.3 Å². The Morgan fingerprint density at radius 1 is 0.952 bits per heavy atom. The Labute approximate surface area is 125 Å². The van der Waals surface area contributed by atoms with Crippen LogP contribution in [0.3, 0.4) is 0 Å². The van der Waals surface area contributed by atoms with Crippen LogP contribution in [0.25, 0.3) is 0 Å². The lowest BCUT2D eigenvalue weighted by Gasteiger charge is -2.17. The maximum absolute atomic E-state index is 5.73. The van der Waals surface area contributed by atoms with Gasteiger partial charge < -0.3 is 10.6 Å². The van der Waals surface area contributed by atoms with E-state index in [9.17, 15) is 0 Å². The number of hydrogen-bond acceptors (Lipinski definition) is 6. The zero-order valence-electron chi connectivity index (χ0n) is 13.0. The van der Waals surface area contributed by atoms with Crippen LogP contribution in [-0.4, -0.2) is 41.0 Å². The Kier molecular flexibility index (Phi) is 4.70. The van der Waals surface area contributed by atoms with Crippen molar-refractivity contribution in [3.05, 3.63) is 41.2 Å². The van der Waals surface area contributed by atoms with Gasteiger partial charge in [-0.2, -0.15) is 15.0 Å². The van der Waals surface area contributed by atoms with Crippen molar-refractivity contribution in [2.75, 3.05) is 31.8 Å². The molecule has 0 aliphatic heterocycles. The number of nitrogen functional groups attached to an aromatic ring is 1. The van der Waals surface area contributed by atoms with E-state index in [0.717, 1.165) is 6.54 Å². The van der Waals surface area contributed by atoms with Crippen LogP contribution in [-0.2, 0) is 13.1 Å². The van der Waals surface area contributed by atoms with E-state index in [1.807, 2.05) is 26.0 Å². The highest BCUT2D eigenvalue weighted by Crippen LogP contribution is 2.10. The van der Waals surface area contributed by atoms with Crippen LogP contribution in [0.4, 0.5) is 11.9 Å². The van der Waals surface area contributed by atoms with Crippen LogP contribution >= 0.6 is 0 Å². The fraction of sp³-hybridized carbons (Fsp3) is 0.400. The van der Waals surface area contributed by atoms with Gasteiger partial charge in [0.1, 0.15) is 5.82 Å². The minimum atomic E-state index is 0.257. The van der Waals surface area contributed by atoms with Crippen molar-refractivity contribution in [1.29, 1.82) is 0 Å². The highest BCUT2D eigenvalue weighted by atomic mass is 15.3. The summed E-state index contributed by atoms with van der Waals surface area (Å²) < 4.78 is 0. The van der Waals surface area contributed by atoms with Gasteiger partial charge in [0.15, 0.2) is 0 Å². The lowest BCUT2D eigenvalue weighted by molar-refractivity contribution is 0.310. The molecule has 6 nitrogen and oxygen atoms in total. The van der Waals surface area contributed by atoms with Crippen LogP contribution in [0.2, 0.25) is 0 Å². The first-order valence-corrected chi connectivity index (χ1v) is 6.86. The molecule has 0 amide bonds. The van der Waals surface area contributed by atoms with E-state index in [1.54, 1.807) is 0 Å². The molecule has 2 N–H and O–H groups in total. The smallest absolute Gasteiger partial charge is 0.229 e. The number of rotatable bonds is 5. The molecule has 1 aromatic carbocycles. The molecule has 0 unspecified atom stereocenters. The molecule has 0 saturated carbocycles. The molecule has 21 heavy (non-hydrogen) atoms. The molecule has 0 spiro atoms. The third-order valence-electron chi connectivity index (χ3n) is 3.07. The summed E-state index contributed by atoms with van der Waals surface area (Å²) in [6.07, 6.45) is 0. The van der Waals surface area contributed by atoms with E-state index in [-0.39, 0.29) is 5.95 Å². The minimum absolute atomic E-state index is 0.257. The van der Waals surface area contributed by atoms with Crippen molar-refractivity contribution in [2.45, 2.75) is 20.0 Å². The average molecular weight is 286 g/mol. The Balaban J connectivity index is 2.05. The minimum Gasteiger partial charge on any atom is -0.368 e. The van der Waals surface area contributed by atoms with Crippen LogP contribution in [0.1, 0.15) is 17.0 Å². The van der Waals surface area contributed by atoms with E-state index in [1.165, 1.54) is 11.1 Å². The van der Waals surface area contributed by atoms with E-state index < -0.39 is 0 Å². The lowest BCUT2D eigenvalue weighted by Crippen LogP contribution is -2.22. The molecule has 1 aromatic heterocycles. The summed E-state index contributed by atoms with van der Waals surface area (Å²) in [6, 6.07) is 8.51. The largest absolute Gasteiger partial charge is 0.368 e. The molecular weight excluding hydrogens is 264 g/mol. The third-order valence-corrected chi connectivity index (χ3v) is 3.07. The third kappa shape index (κ3) is 4.39. The van der Waals surface area contributed by atoms with Crippen molar-refractivity contribution in [2.24, 2.45) is 0 Å². The Morgan fingerprint density at radius 3 is 2.24 bits per heavy atom. The molecule has 0 saturated heterocycles. The van der Waals surface area contributed by atoms with Crippen LogP contribution in [0, 0.1) is 6.92 Å². The van der Waals surface area contributed by atoms with Crippen LogP contribution in [0.5, 0.6) is 0 Å². The molecule has 0 radical (unpaired) electrons. The van der Waals surface area contributed by atoms with Crippen molar-refractivity contribution < 1.29 is 0 Å². The summed E-state index contributed by atoms with van der Waals surface area (Å²) in [5.74, 6) is 1.52. The average Bonchev–Trinajstić information content (AvgIpc) is 2.40. The van der Waals surface area contributed by atoms with E-state index in [4.69, 9.17) is 5.73 Å². The molecule has 6 heteroatoms. The lowest BCUT2D eigenvalue weighted by atomic mass is 10.1. The summed E-state index contributed by atoms with van der Waals surface area (Å²) in [7, 11) is 5.80. The normalized spacial score (nSPS) is 10.9. The molecule has 0 atom stereocenters.